The molecule has 0 aromatic heterocycles. The molecule has 77 valence electrons. The average Bonchev–Trinajstić information content (AvgIpc) is 2.60. The minimum atomic E-state index is 0.306. The SMILES string of the molecule is CC1=C([C]=O)N(c2ccccc2Cl)CO1. The Morgan fingerprint density at radius 3 is 2.87 bits per heavy atom. The molecule has 1 aromatic rings. The van der Waals surface area contributed by atoms with Crippen molar-refractivity contribution in [1.82, 2.24) is 0 Å². The highest BCUT2D eigenvalue weighted by Crippen LogP contribution is 2.31. The summed E-state index contributed by atoms with van der Waals surface area (Å²) >= 11 is 6.02. The minimum absolute atomic E-state index is 0.306. The summed E-state index contributed by atoms with van der Waals surface area (Å²) in [6, 6.07) is 7.30. The van der Waals surface area contributed by atoms with Gasteiger partial charge >= 0.3 is 0 Å². The standard InChI is InChI=1S/C11H9ClNO2/c1-8-11(6-14)13(7-15-8)10-5-3-2-4-9(10)12/h2-5H,7H2,1H3. The third kappa shape index (κ3) is 1.70. The van der Waals surface area contributed by atoms with E-state index in [0.717, 1.165) is 5.69 Å². The summed E-state index contributed by atoms with van der Waals surface area (Å²) in [6.07, 6.45) is 1.86. The third-order valence-corrected chi connectivity index (χ3v) is 2.57. The zero-order chi connectivity index (χ0) is 10.8. The molecule has 0 amide bonds. The highest BCUT2D eigenvalue weighted by atomic mass is 35.5. The quantitative estimate of drug-likeness (QED) is 0.770. The van der Waals surface area contributed by atoms with Gasteiger partial charge in [-0.15, -0.1) is 0 Å². The van der Waals surface area contributed by atoms with Crippen LogP contribution in [0.25, 0.3) is 0 Å². The van der Waals surface area contributed by atoms with Gasteiger partial charge in [0.2, 0.25) is 0 Å². The maximum Gasteiger partial charge on any atom is 0.255 e. The van der Waals surface area contributed by atoms with Gasteiger partial charge in [-0.1, -0.05) is 23.7 Å². The second-order valence-corrected chi connectivity index (χ2v) is 3.57. The number of rotatable bonds is 2. The van der Waals surface area contributed by atoms with Gasteiger partial charge in [0.25, 0.3) is 6.29 Å². The highest BCUT2D eigenvalue weighted by molar-refractivity contribution is 6.33. The number of carbonyl (C=O) groups excluding carboxylic acids is 1. The number of ether oxygens (including phenoxy) is 1. The Labute approximate surface area is 92.9 Å². The van der Waals surface area contributed by atoms with Gasteiger partial charge in [-0.05, 0) is 19.1 Å². The number of hydrogen-bond donors (Lipinski definition) is 0. The van der Waals surface area contributed by atoms with Crippen molar-refractivity contribution in [3.05, 3.63) is 40.7 Å². The molecule has 1 aromatic carbocycles. The molecule has 1 radical (unpaired) electrons. The van der Waals surface area contributed by atoms with Crippen molar-refractivity contribution < 1.29 is 9.53 Å². The molecule has 0 bridgehead atoms. The van der Waals surface area contributed by atoms with Crippen molar-refractivity contribution in [2.45, 2.75) is 6.92 Å². The van der Waals surface area contributed by atoms with Gasteiger partial charge in [0.1, 0.15) is 11.5 Å². The van der Waals surface area contributed by atoms with Crippen LogP contribution in [0.3, 0.4) is 0 Å². The first-order valence-corrected chi connectivity index (χ1v) is 4.85. The summed E-state index contributed by atoms with van der Waals surface area (Å²) in [5, 5.41) is 0.587. The second-order valence-electron chi connectivity index (χ2n) is 3.16. The van der Waals surface area contributed by atoms with Crippen molar-refractivity contribution in [1.29, 1.82) is 0 Å². The molecule has 3 nitrogen and oxygen atoms in total. The summed E-state index contributed by atoms with van der Waals surface area (Å²) in [7, 11) is 0. The molecule has 0 fully saturated rings. The molecule has 15 heavy (non-hydrogen) atoms. The Morgan fingerprint density at radius 2 is 2.20 bits per heavy atom. The molecule has 0 aliphatic carbocycles. The van der Waals surface area contributed by atoms with E-state index in [-0.39, 0.29) is 0 Å². The molecule has 1 aliphatic heterocycles. The Bertz CT molecular complexity index is 428. The molecule has 0 unspecified atom stereocenters. The lowest BCUT2D eigenvalue weighted by Crippen LogP contribution is -2.20. The summed E-state index contributed by atoms with van der Waals surface area (Å²) in [6.45, 7) is 2.04. The zero-order valence-electron chi connectivity index (χ0n) is 8.16. The monoisotopic (exact) mass is 222 g/mol. The Kier molecular flexibility index (Phi) is 2.64. The lowest BCUT2D eigenvalue weighted by Gasteiger charge is -2.17. The normalized spacial score (nSPS) is 15.5. The largest absolute Gasteiger partial charge is 0.475 e. The van der Waals surface area contributed by atoms with Crippen LogP contribution in [0.2, 0.25) is 5.02 Å². The molecular weight excluding hydrogens is 214 g/mol. The molecule has 0 atom stereocenters. The van der Waals surface area contributed by atoms with Crippen molar-refractivity contribution in [3.63, 3.8) is 0 Å². The Morgan fingerprint density at radius 1 is 1.47 bits per heavy atom. The van der Waals surface area contributed by atoms with Crippen LogP contribution < -0.4 is 4.90 Å². The van der Waals surface area contributed by atoms with E-state index in [0.29, 0.717) is 23.2 Å². The minimum Gasteiger partial charge on any atom is -0.475 e. The van der Waals surface area contributed by atoms with Crippen molar-refractivity contribution in [2.24, 2.45) is 0 Å². The van der Waals surface area contributed by atoms with Gasteiger partial charge in [0, 0.05) is 0 Å². The Hall–Kier alpha value is -1.48. The first kappa shape index (κ1) is 10.1. The fourth-order valence-corrected chi connectivity index (χ4v) is 1.71. The first-order chi connectivity index (χ1) is 7.24. The van der Waals surface area contributed by atoms with Gasteiger partial charge in [-0.3, -0.25) is 4.79 Å². The lowest BCUT2D eigenvalue weighted by atomic mass is 10.2. The van der Waals surface area contributed by atoms with Crippen LogP contribution in [0, 0.1) is 0 Å². The van der Waals surface area contributed by atoms with Crippen LogP contribution in [0.4, 0.5) is 5.69 Å². The van der Waals surface area contributed by atoms with Crippen LogP contribution in [-0.4, -0.2) is 13.0 Å². The van der Waals surface area contributed by atoms with Crippen molar-refractivity contribution in [2.75, 3.05) is 11.6 Å². The highest BCUT2D eigenvalue weighted by Gasteiger charge is 2.24. The number of para-hydroxylation sites is 1. The summed E-state index contributed by atoms with van der Waals surface area (Å²) in [5.74, 6) is 0.574. The van der Waals surface area contributed by atoms with Crippen LogP contribution in [-0.2, 0) is 9.53 Å². The Balaban J connectivity index is 2.42. The molecular formula is C11H9ClNO2. The number of allylic oxidation sites excluding steroid dienone is 2. The predicted molar refractivity (Wildman–Crippen MR) is 58.3 cm³/mol. The smallest absolute Gasteiger partial charge is 0.255 e. The van der Waals surface area contributed by atoms with E-state index in [4.69, 9.17) is 16.3 Å². The maximum absolute atomic E-state index is 10.8. The molecule has 1 heterocycles. The van der Waals surface area contributed by atoms with Crippen molar-refractivity contribution in [3.8, 4) is 0 Å². The van der Waals surface area contributed by atoms with Gasteiger partial charge in [-0.2, -0.15) is 0 Å². The lowest BCUT2D eigenvalue weighted by molar-refractivity contribution is 0.247. The first-order valence-electron chi connectivity index (χ1n) is 4.48. The van der Waals surface area contributed by atoms with Crippen LogP contribution in [0.1, 0.15) is 6.92 Å². The second kappa shape index (κ2) is 3.95. The topological polar surface area (TPSA) is 29.5 Å². The van der Waals surface area contributed by atoms with Crippen LogP contribution in [0.5, 0.6) is 0 Å². The molecule has 0 saturated carbocycles. The summed E-state index contributed by atoms with van der Waals surface area (Å²) in [4.78, 5) is 12.5. The van der Waals surface area contributed by atoms with Crippen molar-refractivity contribution >= 4 is 23.6 Å². The predicted octanol–water partition coefficient (Wildman–Crippen LogP) is 2.48. The van der Waals surface area contributed by atoms with Gasteiger partial charge in [0.05, 0.1) is 10.7 Å². The van der Waals surface area contributed by atoms with Crippen LogP contribution in [0.15, 0.2) is 35.7 Å². The molecule has 0 saturated heterocycles. The number of hydrogen-bond acceptors (Lipinski definition) is 3. The zero-order valence-corrected chi connectivity index (χ0v) is 8.91. The average molecular weight is 223 g/mol. The molecule has 2 rings (SSSR count). The van der Waals surface area contributed by atoms with E-state index in [1.807, 2.05) is 24.5 Å². The van der Waals surface area contributed by atoms with E-state index in [1.165, 1.54) is 0 Å². The summed E-state index contributed by atoms with van der Waals surface area (Å²) < 4.78 is 5.26. The van der Waals surface area contributed by atoms with E-state index in [1.54, 1.807) is 17.9 Å². The number of nitrogens with zero attached hydrogens (tertiary/aromatic N) is 1. The fraction of sp³-hybridized carbons (Fsp3) is 0.182. The van der Waals surface area contributed by atoms with Gasteiger partial charge < -0.3 is 9.64 Å². The number of benzene rings is 1. The van der Waals surface area contributed by atoms with Gasteiger partial charge in [-0.25, -0.2) is 0 Å². The fourth-order valence-electron chi connectivity index (χ4n) is 1.47. The maximum atomic E-state index is 10.8. The van der Waals surface area contributed by atoms with E-state index >= 15 is 0 Å². The molecule has 4 heteroatoms. The molecule has 1 aliphatic rings. The summed E-state index contributed by atoms with van der Waals surface area (Å²) in [5.41, 5.74) is 1.16. The van der Waals surface area contributed by atoms with E-state index < -0.39 is 0 Å². The molecule has 0 spiro atoms. The van der Waals surface area contributed by atoms with Gasteiger partial charge in [0.15, 0.2) is 6.73 Å². The van der Waals surface area contributed by atoms with E-state index in [9.17, 15) is 4.79 Å². The number of halogens is 1. The van der Waals surface area contributed by atoms with E-state index in [2.05, 4.69) is 0 Å². The molecule has 0 N–H and O–H groups in total. The number of anilines is 1. The van der Waals surface area contributed by atoms with Crippen LogP contribution >= 0.6 is 11.6 Å². The third-order valence-electron chi connectivity index (χ3n) is 2.25.